The first kappa shape index (κ1) is 16.0. The molecule has 22 heavy (non-hydrogen) atoms. The molecule has 0 radical (unpaired) electrons. The van der Waals surface area contributed by atoms with Gasteiger partial charge in [0, 0.05) is 17.3 Å². The number of hydrogen-bond donors (Lipinski definition) is 2. The summed E-state index contributed by atoms with van der Waals surface area (Å²) in [7, 11) is 0. The van der Waals surface area contributed by atoms with Crippen LogP contribution in [0.15, 0.2) is 30.5 Å². The number of carbonyl (C=O) groups is 2. The Bertz CT molecular complexity index is 695. The third-order valence-corrected chi connectivity index (χ3v) is 3.34. The fraction of sp³-hybridized carbons (Fsp3) is 0.267. The van der Waals surface area contributed by atoms with Crippen LogP contribution in [0.1, 0.15) is 29.4 Å². The fourth-order valence-corrected chi connectivity index (χ4v) is 2.15. The molecule has 2 N–H and O–H groups in total. The van der Waals surface area contributed by atoms with Gasteiger partial charge in [0.25, 0.3) is 5.91 Å². The summed E-state index contributed by atoms with van der Waals surface area (Å²) in [6, 6.07) is 6.61. The van der Waals surface area contributed by atoms with Crippen LogP contribution in [0.2, 0.25) is 5.02 Å². The Morgan fingerprint density at radius 1 is 1.36 bits per heavy atom. The molecule has 0 fully saturated rings. The van der Waals surface area contributed by atoms with Gasteiger partial charge >= 0.3 is 5.97 Å². The largest absolute Gasteiger partial charge is 0.481 e. The van der Waals surface area contributed by atoms with Gasteiger partial charge in [-0.05, 0) is 38.1 Å². The molecule has 2 aromatic rings. The first-order valence-corrected chi connectivity index (χ1v) is 7.09. The summed E-state index contributed by atoms with van der Waals surface area (Å²) < 4.78 is 1.59. The molecule has 2 rings (SSSR count). The van der Waals surface area contributed by atoms with Crippen molar-refractivity contribution in [2.75, 3.05) is 0 Å². The molecule has 1 aromatic heterocycles. The highest BCUT2D eigenvalue weighted by atomic mass is 35.5. The number of carboxylic acid groups (broad SMARTS) is 1. The molecule has 0 aliphatic carbocycles. The average Bonchev–Trinajstić information content (AvgIpc) is 2.80. The van der Waals surface area contributed by atoms with Crippen molar-refractivity contribution in [3.63, 3.8) is 0 Å². The van der Waals surface area contributed by atoms with Gasteiger partial charge in [0.15, 0.2) is 0 Å². The smallest absolute Gasteiger partial charge is 0.305 e. The molecule has 1 amide bonds. The van der Waals surface area contributed by atoms with Crippen molar-refractivity contribution in [2.45, 2.75) is 26.3 Å². The summed E-state index contributed by atoms with van der Waals surface area (Å²) in [6.07, 6.45) is 1.48. The van der Waals surface area contributed by atoms with E-state index in [1.165, 1.54) is 0 Å². The minimum Gasteiger partial charge on any atom is -0.481 e. The predicted molar refractivity (Wildman–Crippen MR) is 82.5 cm³/mol. The highest BCUT2D eigenvalue weighted by Gasteiger charge is 2.17. The summed E-state index contributed by atoms with van der Waals surface area (Å²) >= 11 is 5.84. The van der Waals surface area contributed by atoms with Gasteiger partial charge in [-0.3, -0.25) is 9.59 Å². The third-order valence-electron chi connectivity index (χ3n) is 3.09. The number of aliphatic carboxylic acids is 1. The maximum absolute atomic E-state index is 12.2. The summed E-state index contributed by atoms with van der Waals surface area (Å²) in [5, 5.41) is 16.3. The van der Waals surface area contributed by atoms with Gasteiger partial charge in [0.2, 0.25) is 0 Å². The van der Waals surface area contributed by atoms with Crippen LogP contribution in [0.25, 0.3) is 5.69 Å². The van der Waals surface area contributed by atoms with E-state index in [0.29, 0.717) is 16.3 Å². The second-order valence-electron chi connectivity index (χ2n) is 5.02. The van der Waals surface area contributed by atoms with Crippen molar-refractivity contribution in [3.8, 4) is 5.69 Å². The van der Waals surface area contributed by atoms with E-state index in [1.54, 1.807) is 49.0 Å². The first-order chi connectivity index (χ1) is 10.4. The minimum absolute atomic E-state index is 0.129. The van der Waals surface area contributed by atoms with Crippen LogP contribution < -0.4 is 5.32 Å². The summed E-state index contributed by atoms with van der Waals surface area (Å²) in [4.78, 5) is 22.8. The molecule has 116 valence electrons. The number of hydrogen-bond acceptors (Lipinski definition) is 3. The van der Waals surface area contributed by atoms with Crippen LogP contribution in [-0.4, -0.2) is 32.8 Å². The number of carboxylic acids is 1. The average molecular weight is 322 g/mol. The zero-order valence-corrected chi connectivity index (χ0v) is 13.0. The maximum atomic E-state index is 12.2. The highest BCUT2D eigenvalue weighted by Crippen LogP contribution is 2.15. The van der Waals surface area contributed by atoms with Gasteiger partial charge in [-0.1, -0.05) is 11.6 Å². The molecule has 1 unspecified atom stereocenters. The van der Waals surface area contributed by atoms with Crippen molar-refractivity contribution in [1.29, 1.82) is 0 Å². The van der Waals surface area contributed by atoms with Crippen LogP contribution in [0.4, 0.5) is 0 Å². The lowest BCUT2D eigenvalue weighted by Gasteiger charge is -2.10. The van der Waals surface area contributed by atoms with Crippen LogP contribution in [0.3, 0.4) is 0 Å². The van der Waals surface area contributed by atoms with Gasteiger partial charge < -0.3 is 10.4 Å². The number of nitrogens with zero attached hydrogens (tertiary/aromatic N) is 2. The molecule has 0 spiro atoms. The molecule has 6 nitrogen and oxygen atoms in total. The standard InChI is InChI=1S/C15H16ClN3O3/c1-9(7-14(20)21)17-15(22)13-8-19(18-10(13)2)12-5-3-11(16)4-6-12/h3-6,8-9H,7H2,1-2H3,(H,17,22)(H,20,21). The van der Waals surface area contributed by atoms with Crippen LogP contribution in [0, 0.1) is 6.92 Å². The maximum Gasteiger partial charge on any atom is 0.305 e. The zero-order chi connectivity index (χ0) is 16.3. The topological polar surface area (TPSA) is 84.2 Å². The lowest BCUT2D eigenvalue weighted by Crippen LogP contribution is -2.34. The molecule has 0 aliphatic rings. The Hall–Kier alpha value is -2.34. The van der Waals surface area contributed by atoms with Crippen molar-refractivity contribution in [2.24, 2.45) is 0 Å². The molecule has 0 saturated carbocycles. The first-order valence-electron chi connectivity index (χ1n) is 6.71. The summed E-state index contributed by atoms with van der Waals surface area (Å²) in [5.41, 5.74) is 1.76. The number of benzene rings is 1. The minimum atomic E-state index is -0.957. The van der Waals surface area contributed by atoms with E-state index in [2.05, 4.69) is 10.4 Å². The van der Waals surface area contributed by atoms with Gasteiger partial charge in [-0.25, -0.2) is 4.68 Å². The molecule has 0 saturated heterocycles. The monoisotopic (exact) mass is 321 g/mol. The predicted octanol–water partition coefficient (Wildman–Crippen LogP) is 2.43. The van der Waals surface area contributed by atoms with Crippen molar-refractivity contribution in [1.82, 2.24) is 15.1 Å². The van der Waals surface area contributed by atoms with E-state index < -0.39 is 12.0 Å². The molecule has 1 atom stereocenters. The number of amides is 1. The molecule has 1 heterocycles. The molecule has 1 aromatic carbocycles. The van der Waals surface area contributed by atoms with Gasteiger partial charge in [0.05, 0.1) is 23.4 Å². The Balaban J connectivity index is 2.17. The number of aromatic nitrogens is 2. The summed E-state index contributed by atoms with van der Waals surface area (Å²) in [6.45, 7) is 3.37. The van der Waals surface area contributed by atoms with Gasteiger partial charge in [-0.2, -0.15) is 5.10 Å². The Morgan fingerprint density at radius 2 is 2.00 bits per heavy atom. The summed E-state index contributed by atoms with van der Waals surface area (Å²) in [5.74, 6) is -1.30. The van der Waals surface area contributed by atoms with E-state index in [1.807, 2.05) is 0 Å². The van der Waals surface area contributed by atoms with E-state index in [9.17, 15) is 9.59 Å². The highest BCUT2D eigenvalue weighted by molar-refractivity contribution is 6.30. The van der Waals surface area contributed by atoms with E-state index >= 15 is 0 Å². The Kier molecular flexibility index (Phi) is 4.82. The zero-order valence-electron chi connectivity index (χ0n) is 12.2. The van der Waals surface area contributed by atoms with Gasteiger partial charge in [-0.15, -0.1) is 0 Å². The number of carbonyl (C=O) groups excluding carboxylic acids is 1. The number of aryl methyl sites for hydroxylation is 1. The molecule has 0 bridgehead atoms. The van der Waals surface area contributed by atoms with E-state index in [-0.39, 0.29) is 12.3 Å². The number of nitrogens with one attached hydrogen (secondary N) is 1. The van der Waals surface area contributed by atoms with Crippen LogP contribution >= 0.6 is 11.6 Å². The fourth-order valence-electron chi connectivity index (χ4n) is 2.02. The van der Waals surface area contributed by atoms with Crippen molar-refractivity contribution < 1.29 is 14.7 Å². The molecular weight excluding hydrogens is 306 g/mol. The second kappa shape index (κ2) is 6.62. The number of halogens is 1. The lowest BCUT2D eigenvalue weighted by molar-refractivity contribution is -0.137. The quantitative estimate of drug-likeness (QED) is 0.885. The van der Waals surface area contributed by atoms with Crippen molar-refractivity contribution in [3.05, 3.63) is 46.7 Å². The van der Waals surface area contributed by atoms with Crippen LogP contribution in [-0.2, 0) is 4.79 Å². The van der Waals surface area contributed by atoms with Crippen LogP contribution in [0.5, 0.6) is 0 Å². The molecule has 7 heteroatoms. The van der Waals surface area contributed by atoms with Gasteiger partial charge in [0.1, 0.15) is 0 Å². The van der Waals surface area contributed by atoms with E-state index in [4.69, 9.17) is 16.7 Å². The lowest BCUT2D eigenvalue weighted by atomic mass is 10.2. The second-order valence-corrected chi connectivity index (χ2v) is 5.46. The Labute approximate surface area is 132 Å². The normalized spacial score (nSPS) is 12.0. The van der Waals surface area contributed by atoms with E-state index in [0.717, 1.165) is 5.69 Å². The molecule has 0 aliphatic heterocycles. The third kappa shape index (κ3) is 3.85. The van der Waals surface area contributed by atoms with Crippen molar-refractivity contribution >= 4 is 23.5 Å². The number of rotatable bonds is 5. The Morgan fingerprint density at radius 3 is 2.59 bits per heavy atom. The SMILES string of the molecule is Cc1nn(-c2ccc(Cl)cc2)cc1C(=O)NC(C)CC(=O)O. The molecular formula is C15H16ClN3O3.